The zero-order valence-corrected chi connectivity index (χ0v) is 13.6. The fourth-order valence-electron chi connectivity index (χ4n) is 2.34. The molecule has 8 heteroatoms. The molecule has 1 aromatic rings. The number of hydrogen-bond donors (Lipinski definition) is 1. The Morgan fingerprint density at radius 1 is 1.22 bits per heavy atom. The first kappa shape index (κ1) is 17.7. The molecule has 1 saturated heterocycles. The molecule has 1 unspecified atom stereocenters. The largest absolute Gasteiger partial charge is 0.368 e. The van der Waals surface area contributed by atoms with Crippen LogP contribution in [-0.4, -0.2) is 59.6 Å². The van der Waals surface area contributed by atoms with Crippen molar-refractivity contribution in [2.75, 3.05) is 31.9 Å². The summed E-state index contributed by atoms with van der Waals surface area (Å²) in [5.41, 5.74) is 5.27. The van der Waals surface area contributed by atoms with Crippen molar-refractivity contribution in [3.8, 4) is 0 Å². The Bertz CT molecular complexity index is 592. The van der Waals surface area contributed by atoms with Gasteiger partial charge in [0.15, 0.2) is 11.6 Å². The highest BCUT2D eigenvalue weighted by Crippen LogP contribution is 2.21. The van der Waals surface area contributed by atoms with E-state index < -0.39 is 11.6 Å². The zero-order chi connectivity index (χ0) is 17.0. The summed E-state index contributed by atoms with van der Waals surface area (Å²) in [5, 5.41) is 0. The number of amides is 2. The third-order valence-corrected chi connectivity index (χ3v) is 4.86. The molecule has 2 amide bonds. The molecule has 0 saturated carbocycles. The van der Waals surface area contributed by atoms with E-state index in [1.54, 1.807) is 11.8 Å². The fraction of sp³-hybridized carbons (Fsp3) is 0.467. The second kappa shape index (κ2) is 7.74. The number of halogens is 2. The van der Waals surface area contributed by atoms with Crippen LogP contribution < -0.4 is 5.73 Å². The first-order valence-electron chi connectivity index (χ1n) is 7.27. The molecule has 2 rings (SSSR count). The van der Waals surface area contributed by atoms with Gasteiger partial charge in [-0.3, -0.25) is 14.5 Å². The van der Waals surface area contributed by atoms with Crippen LogP contribution in [0.15, 0.2) is 23.1 Å². The van der Waals surface area contributed by atoms with Gasteiger partial charge in [-0.05, 0) is 25.1 Å². The molecule has 5 nitrogen and oxygen atoms in total. The van der Waals surface area contributed by atoms with E-state index in [1.165, 1.54) is 17.8 Å². The minimum Gasteiger partial charge on any atom is -0.368 e. The molecular weight excluding hydrogens is 324 g/mol. The predicted molar refractivity (Wildman–Crippen MR) is 83.9 cm³/mol. The van der Waals surface area contributed by atoms with Gasteiger partial charge >= 0.3 is 0 Å². The van der Waals surface area contributed by atoms with E-state index in [9.17, 15) is 18.4 Å². The third kappa shape index (κ3) is 4.65. The number of hydrogen-bond acceptors (Lipinski definition) is 4. The highest BCUT2D eigenvalue weighted by Gasteiger charge is 2.26. The van der Waals surface area contributed by atoms with E-state index >= 15 is 0 Å². The second-order valence-corrected chi connectivity index (χ2v) is 6.41. The van der Waals surface area contributed by atoms with Crippen LogP contribution in [-0.2, 0) is 9.59 Å². The van der Waals surface area contributed by atoms with Gasteiger partial charge in [-0.2, -0.15) is 0 Å². The molecule has 1 fully saturated rings. The molecule has 1 heterocycles. The summed E-state index contributed by atoms with van der Waals surface area (Å²) < 4.78 is 26.0. The summed E-state index contributed by atoms with van der Waals surface area (Å²) in [6.07, 6.45) is 0. The number of nitrogens with two attached hydrogens (primary N) is 1. The van der Waals surface area contributed by atoms with E-state index in [2.05, 4.69) is 0 Å². The van der Waals surface area contributed by atoms with Crippen molar-refractivity contribution in [2.24, 2.45) is 5.73 Å². The lowest BCUT2D eigenvalue weighted by atomic mass is 10.2. The average Bonchev–Trinajstić information content (AvgIpc) is 2.55. The predicted octanol–water partition coefficient (Wildman–Crippen LogP) is 1.07. The molecule has 0 bridgehead atoms. The maximum absolute atomic E-state index is 13.1. The van der Waals surface area contributed by atoms with Crippen molar-refractivity contribution >= 4 is 23.6 Å². The van der Waals surface area contributed by atoms with Crippen molar-refractivity contribution in [3.63, 3.8) is 0 Å². The Morgan fingerprint density at radius 3 is 2.43 bits per heavy atom. The number of carbonyl (C=O) groups is 2. The van der Waals surface area contributed by atoms with Gasteiger partial charge in [0.2, 0.25) is 11.8 Å². The highest BCUT2D eigenvalue weighted by molar-refractivity contribution is 8.00. The number of thioether (sulfide) groups is 1. The average molecular weight is 343 g/mol. The van der Waals surface area contributed by atoms with Gasteiger partial charge < -0.3 is 10.6 Å². The van der Waals surface area contributed by atoms with Crippen LogP contribution >= 0.6 is 11.8 Å². The quantitative estimate of drug-likeness (QED) is 0.813. The maximum Gasteiger partial charge on any atom is 0.234 e. The van der Waals surface area contributed by atoms with E-state index in [1.807, 2.05) is 4.90 Å². The zero-order valence-electron chi connectivity index (χ0n) is 12.8. The van der Waals surface area contributed by atoms with Crippen molar-refractivity contribution in [1.82, 2.24) is 9.80 Å². The number of piperazine rings is 1. The van der Waals surface area contributed by atoms with Crippen molar-refractivity contribution in [2.45, 2.75) is 17.9 Å². The van der Waals surface area contributed by atoms with Crippen LogP contribution in [0.1, 0.15) is 6.92 Å². The van der Waals surface area contributed by atoms with Gasteiger partial charge in [-0.15, -0.1) is 11.8 Å². The fourth-order valence-corrected chi connectivity index (χ4v) is 3.17. The summed E-state index contributed by atoms with van der Waals surface area (Å²) in [4.78, 5) is 27.5. The summed E-state index contributed by atoms with van der Waals surface area (Å²) in [6, 6.07) is 3.23. The first-order valence-corrected chi connectivity index (χ1v) is 8.26. The van der Waals surface area contributed by atoms with Crippen LogP contribution in [0.2, 0.25) is 0 Å². The summed E-state index contributed by atoms with van der Waals surface area (Å²) in [6.45, 7) is 3.97. The van der Waals surface area contributed by atoms with E-state index in [0.29, 0.717) is 31.1 Å². The molecule has 126 valence electrons. The highest BCUT2D eigenvalue weighted by atomic mass is 32.2. The monoisotopic (exact) mass is 343 g/mol. The van der Waals surface area contributed by atoms with Gasteiger partial charge in [0.05, 0.1) is 11.8 Å². The smallest absolute Gasteiger partial charge is 0.234 e. The van der Waals surface area contributed by atoms with Crippen molar-refractivity contribution in [3.05, 3.63) is 29.8 Å². The minimum absolute atomic E-state index is 0.0638. The van der Waals surface area contributed by atoms with Crippen LogP contribution in [0.4, 0.5) is 8.78 Å². The third-order valence-electron chi connectivity index (χ3n) is 3.88. The summed E-state index contributed by atoms with van der Waals surface area (Å²) in [7, 11) is 0. The normalized spacial score (nSPS) is 17.1. The van der Waals surface area contributed by atoms with Crippen LogP contribution in [0, 0.1) is 11.6 Å². The SMILES string of the molecule is CC(C(N)=O)N1CCN(C(=O)CSc2ccc(F)c(F)c2)CC1. The molecule has 1 aliphatic heterocycles. The van der Waals surface area contributed by atoms with Gasteiger partial charge in [-0.25, -0.2) is 8.78 Å². The standard InChI is InChI=1S/C15H19F2N3O2S/c1-10(15(18)22)19-4-6-20(7-5-19)14(21)9-23-11-2-3-12(16)13(17)8-11/h2-3,8,10H,4-7,9H2,1H3,(H2,18,22). The van der Waals surface area contributed by atoms with E-state index in [4.69, 9.17) is 5.73 Å². The molecular formula is C15H19F2N3O2S. The van der Waals surface area contributed by atoms with Crippen molar-refractivity contribution < 1.29 is 18.4 Å². The summed E-state index contributed by atoms with van der Waals surface area (Å²) >= 11 is 1.17. The Kier molecular flexibility index (Phi) is 5.95. The Labute approximate surface area is 137 Å². The Balaban J connectivity index is 1.81. The van der Waals surface area contributed by atoms with Crippen LogP contribution in [0.5, 0.6) is 0 Å². The molecule has 1 aliphatic rings. The number of benzene rings is 1. The molecule has 2 N–H and O–H groups in total. The van der Waals surface area contributed by atoms with Crippen molar-refractivity contribution in [1.29, 1.82) is 0 Å². The van der Waals surface area contributed by atoms with Gasteiger partial charge in [0.1, 0.15) is 0 Å². The molecule has 0 spiro atoms. The minimum atomic E-state index is -0.920. The van der Waals surface area contributed by atoms with Gasteiger partial charge in [-0.1, -0.05) is 0 Å². The molecule has 23 heavy (non-hydrogen) atoms. The second-order valence-electron chi connectivity index (χ2n) is 5.36. The lowest BCUT2D eigenvalue weighted by Crippen LogP contribution is -2.54. The van der Waals surface area contributed by atoms with Crippen LogP contribution in [0.25, 0.3) is 0 Å². The lowest BCUT2D eigenvalue weighted by Gasteiger charge is -2.36. The van der Waals surface area contributed by atoms with E-state index in [-0.39, 0.29) is 23.6 Å². The number of carbonyl (C=O) groups excluding carboxylic acids is 2. The molecule has 0 aromatic heterocycles. The number of primary amides is 1. The Morgan fingerprint density at radius 2 is 1.87 bits per heavy atom. The Hall–Kier alpha value is -1.67. The maximum atomic E-state index is 13.1. The molecule has 0 aliphatic carbocycles. The topological polar surface area (TPSA) is 66.6 Å². The first-order chi connectivity index (χ1) is 10.9. The summed E-state index contributed by atoms with van der Waals surface area (Å²) in [5.74, 6) is -2.10. The van der Waals surface area contributed by atoms with Gasteiger partial charge in [0, 0.05) is 31.1 Å². The molecule has 0 radical (unpaired) electrons. The molecule has 1 atom stereocenters. The number of nitrogens with zero attached hydrogens (tertiary/aromatic N) is 2. The molecule has 1 aromatic carbocycles. The van der Waals surface area contributed by atoms with Crippen LogP contribution in [0.3, 0.4) is 0 Å². The lowest BCUT2D eigenvalue weighted by molar-refractivity contribution is -0.131. The van der Waals surface area contributed by atoms with Gasteiger partial charge in [0.25, 0.3) is 0 Å². The van der Waals surface area contributed by atoms with E-state index in [0.717, 1.165) is 12.1 Å². The number of rotatable bonds is 5.